The maximum Gasteiger partial charge on any atom is 0.343 e. The topological polar surface area (TPSA) is 125 Å². The highest BCUT2D eigenvalue weighted by Crippen LogP contribution is 2.29. The molecule has 0 bridgehead atoms. The number of amides is 2. The zero-order valence-corrected chi connectivity index (χ0v) is 21.0. The molecule has 37 heavy (non-hydrogen) atoms. The van der Waals surface area contributed by atoms with Crippen LogP contribution in [0.2, 0.25) is 5.02 Å². The molecule has 0 aliphatic rings. The molecule has 0 saturated carbocycles. The van der Waals surface area contributed by atoms with Crippen molar-refractivity contribution in [2.45, 2.75) is 0 Å². The van der Waals surface area contributed by atoms with Gasteiger partial charge in [-0.3, -0.25) is 9.59 Å². The smallest absolute Gasteiger partial charge is 0.343 e. The number of ether oxygens (including phenoxy) is 4. The van der Waals surface area contributed by atoms with Crippen molar-refractivity contribution in [1.29, 1.82) is 0 Å². The van der Waals surface area contributed by atoms with Gasteiger partial charge in [0.1, 0.15) is 0 Å². The third-order valence-electron chi connectivity index (χ3n) is 4.93. The molecule has 192 valence electrons. The molecule has 0 heterocycles. The van der Waals surface area contributed by atoms with Gasteiger partial charge in [0.2, 0.25) is 0 Å². The number of hydrogen-bond donors (Lipinski definition) is 2. The van der Waals surface area contributed by atoms with Gasteiger partial charge in [-0.05, 0) is 66.2 Å². The van der Waals surface area contributed by atoms with Crippen molar-refractivity contribution < 1.29 is 33.3 Å². The number of methoxy groups -OCH3 is 3. The van der Waals surface area contributed by atoms with Crippen LogP contribution >= 0.6 is 11.6 Å². The minimum Gasteiger partial charge on any atom is -0.493 e. The summed E-state index contributed by atoms with van der Waals surface area (Å²) in [6.45, 7) is -0.298. The van der Waals surface area contributed by atoms with Crippen molar-refractivity contribution in [3.63, 3.8) is 0 Å². The first-order chi connectivity index (χ1) is 17.8. The van der Waals surface area contributed by atoms with Crippen molar-refractivity contribution in [3.8, 4) is 23.0 Å². The Hall–Kier alpha value is -4.57. The summed E-state index contributed by atoms with van der Waals surface area (Å²) in [4.78, 5) is 36.7. The van der Waals surface area contributed by atoms with E-state index in [-0.39, 0.29) is 12.3 Å². The Labute approximate surface area is 218 Å². The van der Waals surface area contributed by atoms with Gasteiger partial charge in [-0.1, -0.05) is 11.6 Å². The molecule has 0 atom stereocenters. The van der Waals surface area contributed by atoms with Gasteiger partial charge in [0.15, 0.2) is 23.0 Å². The lowest BCUT2D eigenvalue weighted by atomic mass is 10.2. The van der Waals surface area contributed by atoms with Crippen LogP contribution < -0.4 is 29.7 Å². The van der Waals surface area contributed by atoms with Gasteiger partial charge in [-0.25, -0.2) is 10.2 Å². The summed E-state index contributed by atoms with van der Waals surface area (Å²) >= 11 is 5.84. The van der Waals surface area contributed by atoms with Crippen molar-refractivity contribution in [3.05, 3.63) is 82.4 Å². The molecule has 0 aliphatic heterocycles. The minimum atomic E-state index is -0.571. The Morgan fingerprint density at radius 1 is 0.811 bits per heavy atom. The predicted octanol–water partition coefficient (Wildman–Crippen LogP) is 3.47. The first kappa shape index (κ1) is 27.0. The lowest BCUT2D eigenvalue weighted by Crippen LogP contribution is -2.34. The van der Waals surface area contributed by atoms with Crippen LogP contribution in [0.3, 0.4) is 0 Å². The van der Waals surface area contributed by atoms with E-state index in [4.69, 9.17) is 30.5 Å². The van der Waals surface area contributed by atoms with Gasteiger partial charge in [-0.2, -0.15) is 5.10 Å². The number of esters is 1. The van der Waals surface area contributed by atoms with Gasteiger partial charge < -0.3 is 24.3 Å². The fourth-order valence-electron chi connectivity index (χ4n) is 3.05. The molecule has 11 heteroatoms. The van der Waals surface area contributed by atoms with E-state index in [1.165, 1.54) is 33.6 Å². The highest BCUT2D eigenvalue weighted by molar-refractivity contribution is 6.30. The van der Waals surface area contributed by atoms with E-state index in [1.807, 2.05) is 0 Å². The highest BCUT2D eigenvalue weighted by Gasteiger charge is 2.14. The van der Waals surface area contributed by atoms with Gasteiger partial charge in [0, 0.05) is 10.6 Å². The van der Waals surface area contributed by atoms with Crippen LogP contribution in [0.1, 0.15) is 26.3 Å². The van der Waals surface area contributed by atoms with Crippen molar-refractivity contribution in [1.82, 2.24) is 10.7 Å². The van der Waals surface area contributed by atoms with Crippen LogP contribution in [-0.4, -0.2) is 51.9 Å². The maximum atomic E-state index is 12.3. The fourth-order valence-corrected chi connectivity index (χ4v) is 3.18. The number of rotatable bonds is 10. The average Bonchev–Trinajstić information content (AvgIpc) is 2.92. The minimum absolute atomic E-state index is 0.210. The lowest BCUT2D eigenvalue weighted by molar-refractivity contribution is -0.120. The SMILES string of the molecule is COc1ccc(C(=O)NCC(=O)N/N=C\c2ccc(OC(=O)c3ccc(Cl)cc3)c(OC)c2)cc1OC. The first-order valence-corrected chi connectivity index (χ1v) is 11.2. The Balaban J connectivity index is 1.54. The molecule has 0 saturated heterocycles. The summed E-state index contributed by atoms with van der Waals surface area (Å²) in [5, 5.41) is 6.88. The Bertz CT molecular complexity index is 1310. The largest absolute Gasteiger partial charge is 0.493 e. The second-order valence-electron chi connectivity index (χ2n) is 7.35. The van der Waals surface area contributed by atoms with Gasteiger partial charge in [-0.15, -0.1) is 0 Å². The standard InChI is InChI=1S/C26H24ClN3O7/c1-34-20-11-7-18(13-23(20)36-3)25(32)28-15-24(31)30-29-14-16-4-10-21(22(12-16)35-2)37-26(33)17-5-8-19(27)9-6-17/h4-14H,15H2,1-3H3,(H,28,32)(H,30,31)/b29-14-. The molecular weight excluding hydrogens is 502 g/mol. The van der Waals surface area contributed by atoms with Gasteiger partial charge in [0.05, 0.1) is 39.7 Å². The lowest BCUT2D eigenvalue weighted by Gasteiger charge is -2.10. The van der Waals surface area contributed by atoms with E-state index in [2.05, 4.69) is 15.8 Å². The number of hydrogen-bond acceptors (Lipinski definition) is 8. The molecule has 2 amide bonds. The number of carbonyl (C=O) groups is 3. The monoisotopic (exact) mass is 525 g/mol. The molecule has 3 aromatic carbocycles. The van der Waals surface area contributed by atoms with Crippen molar-refractivity contribution in [2.75, 3.05) is 27.9 Å². The third-order valence-corrected chi connectivity index (χ3v) is 5.18. The van der Waals surface area contributed by atoms with E-state index >= 15 is 0 Å². The quantitative estimate of drug-likeness (QED) is 0.180. The Morgan fingerprint density at radius 3 is 2.11 bits per heavy atom. The zero-order chi connectivity index (χ0) is 26.8. The van der Waals surface area contributed by atoms with E-state index < -0.39 is 17.8 Å². The van der Waals surface area contributed by atoms with Crippen LogP contribution in [0.5, 0.6) is 23.0 Å². The number of hydrazone groups is 1. The van der Waals surface area contributed by atoms with Crippen LogP contribution in [-0.2, 0) is 4.79 Å². The van der Waals surface area contributed by atoms with Crippen molar-refractivity contribution in [2.24, 2.45) is 5.10 Å². The van der Waals surface area contributed by atoms with E-state index in [0.29, 0.717) is 39.0 Å². The second-order valence-corrected chi connectivity index (χ2v) is 7.79. The number of benzene rings is 3. The normalized spacial score (nSPS) is 10.5. The number of nitrogens with one attached hydrogen (secondary N) is 2. The van der Waals surface area contributed by atoms with E-state index in [0.717, 1.165) is 0 Å². The summed E-state index contributed by atoms with van der Waals surface area (Å²) in [6, 6.07) is 15.7. The van der Waals surface area contributed by atoms with Gasteiger partial charge in [0.25, 0.3) is 11.8 Å². The molecule has 3 aromatic rings. The van der Waals surface area contributed by atoms with Crippen molar-refractivity contribution >= 4 is 35.6 Å². The molecule has 0 aliphatic carbocycles. The summed E-state index contributed by atoms with van der Waals surface area (Å²) in [5.74, 6) is -0.194. The Morgan fingerprint density at radius 2 is 1.43 bits per heavy atom. The Kier molecular flexibility index (Phi) is 9.45. The number of halogens is 1. The molecule has 0 fully saturated rings. The molecule has 0 aromatic heterocycles. The molecule has 0 radical (unpaired) electrons. The molecule has 2 N–H and O–H groups in total. The highest BCUT2D eigenvalue weighted by atomic mass is 35.5. The number of nitrogens with zero attached hydrogens (tertiary/aromatic N) is 1. The van der Waals surface area contributed by atoms with Crippen LogP contribution in [0.15, 0.2) is 65.8 Å². The molecule has 0 unspecified atom stereocenters. The molecular formula is C26H24ClN3O7. The maximum absolute atomic E-state index is 12.3. The van der Waals surface area contributed by atoms with Crippen LogP contribution in [0.4, 0.5) is 0 Å². The third kappa shape index (κ3) is 7.45. The second kappa shape index (κ2) is 12.9. The molecule has 0 spiro atoms. The summed E-state index contributed by atoms with van der Waals surface area (Å²) in [6.07, 6.45) is 1.38. The molecule has 3 rings (SSSR count). The summed E-state index contributed by atoms with van der Waals surface area (Å²) in [5.41, 5.74) is 3.53. The zero-order valence-electron chi connectivity index (χ0n) is 20.2. The summed E-state index contributed by atoms with van der Waals surface area (Å²) in [7, 11) is 4.38. The van der Waals surface area contributed by atoms with Crippen LogP contribution in [0, 0.1) is 0 Å². The van der Waals surface area contributed by atoms with Crippen LogP contribution in [0.25, 0.3) is 0 Å². The fraction of sp³-hybridized carbons (Fsp3) is 0.154. The summed E-state index contributed by atoms with van der Waals surface area (Å²) < 4.78 is 21.0. The first-order valence-electron chi connectivity index (χ1n) is 10.8. The average molecular weight is 526 g/mol. The molecule has 10 nitrogen and oxygen atoms in total. The predicted molar refractivity (Wildman–Crippen MR) is 137 cm³/mol. The van der Waals surface area contributed by atoms with Gasteiger partial charge >= 0.3 is 5.97 Å². The van der Waals surface area contributed by atoms with E-state index in [9.17, 15) is 14.4 Å². The number of carbonyl (C=O) groups excluding carboxylic acids is 3. The van der Waals surface area contributed by atoms with E-state index in [1.54, 1.807) is 54.6 Å².